The van der Waals surface area contributed by atoms with Crippen LogP contribution in [0.2, 0.25) is 0 Å². The maximum Gasteiger partial charge on any atom is 0.309 e. The van der Waals surface area contributed by atoms with Gasteiger partial charge in [0.1, 0.15) is 0 Å². The molecule has 5 aliphatic carbocycles. The van der Waals surface area contributed by atoms with Crippen LogP contribution in [0.25, 0.3) is 0 Å². The van der Waals surface area contributed by atoms with Crippen molar-refractivity contribution in [2.24, 2.45) is 61.7 Å². The number of fused-ring (bicyclic) bond motifs is 7. The lowest BCUT2D eigenvalue weighted by Crippen LogP contribution is -2.67. The summed E-state index contributed by atoms with van der Waals surface area (Å²) in [5.74, 6) is 1.69. The number of hydrogen-bond donors (Lipinski definition) is 2. The molecule has 192 valence electrons. The highest BCUT2D eigenvalue weighted by atomic mass is 16.4. The van der Waals surface area contributed by atoms with Gasteiger partial charge in [-0.3, -0.25) is 9.79 Å². The maximum atomic E-state index is 12.8. The molecular weight excluding hydrogens is 422 g/mol. The molecule has 0 radical (unpaired) electrons. The van der Waals surface area contributed by atoms with Crippen LogP contribution in [0.3, 0.4) is 0 Å². The topological polar surface area (TPSA) is 69.9 Å². The summed E-state index contributed by atoms with van der Waals surface area (Å²) in [6.07, 6.45) is 10.4. The number of carboxylic acids is 1. The highest BCUT2D eigenvalue weighted by Crippen LogP contribution is 2.77. The van der Waals surface area contributed by atoms with E-state index in [0.717, 1.165) is 44.9 Å². The molecule has 0 amide bonds. The number of aliphatic carboxylic acids is 1. The fourth-order valence-electron chi connectivity index (χ4n) is 11.6. The van der Waals surface area contributed by atoms with E-state index in [0.29, 0.717) is 23.7 Å². The molecule has 0 aromatic heterocycles. The first-order valence-corrected chi connectivity index (χ1v) is 14.1. The summed E-state index contributed by atoms with van der Waals surface area (Å²) in [7, 11) is 1.89. The first-order valence-electron chi connectivity index (χ1n) is 14.1. The summed E-state index contributed by atoms with van der Waals surface area (Å²) in [5, 5.41) is 21.5. The minimum absolute atomic E-state index is 0.0254. The normalized spacial score (nSPS) is 54.4. The molecule has 34 heavy (non-hydrogen) atoms. The number of nitrogens with zero attached hydrogens (tertiary/aromatic N) is 1. The van der Waals surface area contributed by atoms with Crippen LogP contribution in [0.1, 0.15) is 106 Å². The van der Waals surface area contributed by atoms with E-state index >= 15 is 0 Å². The number of aliphatic hydroxyl groups excluding tert-OH is 1. The molecule has 0 spiro atoms. The second-order valence-corrected chi connectivity index (χ2v) is 14.5. The van der Waals surface area contributed by atoms with Gasteiger partial charge in [0.05, 0.1) is 11.5 Å². The van der Waals surface area contributed by atoms with E-state index in [1.54, 1.807) is 0 Å². The number of aliphatic hydroxyl groups is 1. The molecule has 0 aromatic rings. The van der Waals surface area contributed by atoms with Crippen LogP contribution >= 0.6 is 0 Å². The van der Waals surface area contributed by atoms with E-state index in [1.807, 2.05) is 7.05 Å². The quantitative estimate of drug-likeness (QED) is 0.446. The Balaban J connectivity index is 1.57. The second-order valence-electron chi connectivity index (χ2n) is 14.5. The third kappa shape index (κ3) is 2.81. The maximum absolute atomic E-state index is 12.8. The molecule has 0 aromatic carbocycles. The number of hydrogen-bond acceptors (Lipinski definition) is 3. The summed E-state index contributed by atoms with van der Waals surface area (Å²) in [4.78, 5) is 17.4. The van der Waals surface area contributed by atoms with E-state index in [4.69, 9.17) is 0 Å². The van der Waals surface area contributed by atoms with Gasteiger partial charge in [0, 0.05) is 18.7 Å². The minimum Gasteiger partial charge on any atom is -0.481 e. The summed E-state index contributed by atoms with van der Waals surface area (Å²) in [6, 6.07) is 0. The Morgan fingerprint density at radius 2 is 1.53 bits per heavy atom. The van der Waals surface area contributed by atoms with Crippen molar-refractivity contribution in [3.05, 3.63) is 0 Å². The molecular formula is C30H49NO3. The third-order valence-electron chi connectivity index (χ3n) is 13.7. The van der Waals surface area contributed by atoms with E-state index in [-0.39, 0.29) is 33.7 Å². The summed E-state index contributed by atoms with van der Waals surface area (Å²) < 4.78 is 0. The third-order valence-corrected chi connectivity index (χ3v) is 13.7. The smallest absolute Gasteiger partial charge is 0.309 e. The Morgan fingerprint density at radius 1 is 0.824 bits per heavy atom. The van der Waals surface area contributed by atoms with Gasteiger partial charge in [-0.15, -0.1) is 0 Å². The number of carboxylic acid groups (broad SMARTS) is 1. The number of carbonyl (C=O) groups is 1. The van der Waals surface area contributed by atoms with Gasteiger partial charge in [0.25, 0.3) is 0 Å². The van der Waals surface area contributed by atoms with Crippen molar-refractivity contribution < 1.29 is 15.0 Å². The van der Waals surface area contributed by atoms with Gasteiger partial charge in [-0.1, -0.05) is 34.6 Å². The van der Waals surface area contributed by atoms with E-state index < -0.39 is 11.4 Å². The predicted octanol–water partition coefficient (Wildman–Crippen LogP) is 6.60. The minimum atomic E-state index is -0.554. The predicted molar refractivity (Wildman–Crippen MR) is 137 cm³/mol. The van der Waals surface area contributed by atoms with Crippen molar-refractivity contribution in [1.29, 1.82) is 0 Å². The first kappa shape index (κ1) is 24.8. The van der Waals surface area contributed by atoms with Crippen LogP contribution < -0.4 is 0 Å². The summed E-state index contributed by atoms with van der Waals surface area (Å²) in [5.41, 5.74) is 1.26. The van der Waals surface area contributed by atoms with Gasteiger partial charge in [-0.05, 0) is 116 Å². The SMILES string of the molecule is CN=C(C)[C@@H]1CC[C@]2(C(=O)O)CC[C@]3(C)C(CCC4[C@@]5(C)CC[C@H](O)C(C)(C)C5CC[C@]43C)C12. The molecule has 4 unspecified atom stereocenters. The molecule has 0 bridgehead atoms. The van der Waals surface area contributed by atoms with Crippen molar-refractivity contribution in [3.63, 3.8) is 0 Å². The van der Waals surface area contributed by atoms with Gasteiger partial charge < -0.3 is 10.2 Å². The van der Waals surface area contributed by atoms with Crippen molar-refractivity contribution in [2.75, 3.05) is 7.05 Å². The average Bonchev–Trinajstić information content (AvgIpc) is 3.18. The zero-order valence-electron chi connectivity index (χ0n) is 22.8. The van der Waals surface area contributed by atoms with Crippen molar-refractivity contribution in [2.45, 2.75) is 112 Å². The highest BCUT2D eigenvalue weighted by molar-refractivity contribution is 5.87. The lowest BCUT2D eigenvalue weighted by molar-refractivity contribution is -0.247. The molecule has 5 rings (SSSR count). The molecule has 5 fully saturated rings. The number of aliphatic imine (C=N–C) groups is 1. The zero-order valence-corrected chi connectivity index (χ0v) is 22.8. The fourth-order valence-corrected chi connectivity index (χ4v) is 11.6. The average molecular weight is 472 g/mol. The van der Waals surface area contributed by atoms with Gasteiger partial charge in [-0.2, -0.15) is 0 Å². The van der Waals surface area contributed by atoms with Crippen molar-refractivity contribution in [1.82, 2.24) is 0 Å². The van der Waals surface area contributed by atoms with E-state index in [9.17, 15) is 15.0 Å². The second kappa shape index (κ2) is 7.56. The molecule has 0 saturated heterocycles. The Morgan fingerprint density at radius 3 is 2.18 bits per heavy atom. The van der Waals surface area contributed by atoms with E-state index in [2.05, 4.69) is 46.5 Å². The lowest BCUT2D eigenvalue weighted by Gasteiger charge is -2.72. The monoisotopic (exact) mass is 471 g/mol. The van der Waals surface area contributed by atoms with Gasteiger partial charge >= 0.3 is 5.97 Å². The van der Waals surface area contributed by atoms with Gasteiger partial charge in [0.15, 0.2) is 0 Å². The summed E-state index contributed by atoms with van der Waals surface area (Å²) in [6.45, 7) is 14.5. The Hall–Kier alpha value is -0.900. The standard InChI is InChI=1S/C30H49NO3/c1-18(31-7)19-10-15-30(25(33)34)17-16-28(5)20(24(19)30)8-9-22-27(4)13-12-23(32)26(2,3)21(27)11-14-29(22,28)6/h19-24,32H,8-17H2,1-7H3,(H,33,34)/t19-,20?,21?,22?,23-,24?,27-,28+,29+,30-/m0/s1. The Bertz CT molecular complexity index is 895. The van der Waals surface area contributed by atoms with Crippen LogP contribution in [0, 0.1) is 56.7 Å². The Labute approximate surface area is 207 Å². The van der Waals surface area contributed by atoms with Crippen LogP contribution in [0.5, 0.6) is 0 Å². The lowest BCUT2D eigenvalue weighted by atomic mass is 9.32. The molecule has 4 nitrogen and oxygen atoms in total. The van der Waals surface area contributed by atoms with Gasteiger partial charge in [-0.25, -0.2) is 0 Å². The highest BCUT2D eigenvalue weighted by Gasteiger charge is 2.72. The molecule has 0 aliphatic heterocycles. The van der Waals surface area contributed by atoms with Crippen LogP contribution in [-0.2, 0) is 4.79 Å². The van der Waals surface area contributed by atoms with Crippen molar-refractivity contribution >= 4 is 11.7 Å². The zero-order chi connectivity index (χ0) is 24.9. The van der Waals surface area contributed by atoms with Crippen LogP contribution in [-0.4, -0.2) is 35.0 Å². The molecule has 5 aliphatic rings. The molecule has 5 saturated carbocycles. The van der Waals surface area contributed by atoms with Crippen molar-refractivity contribution in [3.8, 4) is 0 Å². The molecule has 10 atom stereocenters. The molecule has 0 heterocycles. The fraction of sp³-hybridized carbons (Fsp3) is 0.933. The van der Waals surface area contributed by atoms with E-state index in [1.165, 1.54) is 25.0 Å². The number of rotatable bonds is 2. The first-order chi connectivity index (χ1) is 15.8. The molecule has 2 N–H and O–H groups in total. The van der Waals surface area contributed by atoms with Crippen LogP contribution in [0.4, 0.5) is 0 Å². The summed E-state index contributed by atoms with van der Waals surface area (Å²) >= 11 is 0. The Kier molecular flexibility index (Phi) is 5.51. The molecule has 4 heteroatoms. The largest absolute Gasteiger partial charge is 0.481 e. The van der Waals surface area contributed by atoms with Gasteiger partial charge in [0.2, 0.25) is 0 Å². The van der Waals surface area contributed by atoms with Crippen LogP contribution in [0.15, 0.2) is 4.99 Å².